The average Bonchev–Trinajstić information content (AvgIpc) is 3.57. The fraction of sp³-hybridized carbons (Fsp3) is 0.360. The molecule has 2 aromatic rings. The van der Waals surface area contributed by atoms with E-state index in [4.69, 9.17) is 5.73 Å². The number of nitrogens with two attached hydrogens (primary N) is 1. The lowest BCUT2D eigenvalue weighted by Gasteiger charge is -2.33. The summed E-state index contributed by atoms with van der Waals surface area (Å²) in [4.78, 5) is 28.2. The summed E-state index contributed by atoms with van der Waals surface area (Å²) in [6.07, 6.45) is 1.02. The highest BCUT2D eigenvalue weighted by Crippen LogP contribution is 2.44. The minimum atomic E-state index is -4.66. The molecule has 2 aromatic carbocycles. The Morgan fingerprint density at radius 1 is 1.09 bits per heavy atom. The quantitative estimate of drug-likeness (QED) is 0.383. The van der Waals surface area contributed by atoms with Crippen LogP contribution in [0.4, 0.5) is 23.2 Å². The number of halogens is 4. The molecule has 1 heterocycles. The number of nitrogens with zero attached hydrogens (tertiary/aromatic N) is 1. The zero-order chi connectivity index (χ0) is 24.2. The Bertz CT molecular complexity index is 1170. The van der Waals surface area contributed by atoms with Crippen molar-refractivity contribution in [3.05, 3.63) is 77.1 Å². The Morgan fingerprint density at radius 3 is 2.41 bits per heavy atom. The van der Waals surface area contributed by atoms with Crippen molar-refractivity contribution < 1.29 is 27.2 Å². The number of amides is 2. The van der Waals surface area contributed by atoms with Gasteiger partial charge in [0.25, 0.3) is 5.91 Å². The Labute approximate surface area is 193 Å². The van der Waals surface area contributed by atoms with Gasteiger partial charge in [-0.3, -0.25) is 9.59 Å². The molecule has 5 nitrogen and oxygen atoms in total. The minimum absolute atomic E-state index is 0.0214. The number of benzene rings is 2. The SMILES string of the molecule is Nc1ccccc1C(=O)N1[C@@H](C(=O)N[C@@H](c2ccc(C(F)(F)F)cc2F)C2CC2)C[C@H]2C=C[C@H]21. The molecule has 3 N–H and O–H groups in total. The number of hydrogen-bond donors (Lipinski definition) is 2. The van der Waals surface area contributed by atoms with Gasteiger partial charge in [0, 0.05) is 17.2 Å². The van der Waals surface area contributed by atoms with E-state index in [-0.39, 0.29) is 29.3 Å². The lowest BCUT2D eigenvalue weighted by molar-refractivity contribution is -0.137. The average molecular weight is 473 g/mol. The molecule has 1 saturated heterocycles. The van der Waals surface area contributed by atoms with Crippen LogP contribution in [0.2, 0.25) is 0 Å². The number of nitrogen functional groups attached to an aromatic ring is 1. The zero-order valence-corrected chi connectivity index (χ0v) is 18.1. The zero-order valence-electron chi connectivity index (χ0n) is 18.1. The summed E-state index contributed by atoms with van der Waals surface area (Å²) in [6.45, 7) is 0. The van der Waals surface area contributed by atoms with Crippen LogP contribution in [0.3, 0.4) is 0 Å². The summed E-state index contributed by atoms with van der Waals surface area (Å²) in [5.74, 6) is -1.86. The maximum absolute atomic E-state index is 14.7. The van der Waals surface area contributed by atoms with Crippen molar-refractivity contribution in [1.29, 1.82) is 0 Å². The number of hydrogen-bond acceptors (Lipinski definition) is 3. The van der Waals surface area contributed by atoms with E-state index in [9.17, 15) is 27.2 Å². The third-order valence-electron chi connectivity index (χ3n) is 6.93. The smallest absolute Gasteiger partial charge is 0.398 e. The molecule has 3 aliphatic rings. The van der Waals surface area contributed by atoms with Crippen LogP contribution in [-0.4, -0.2) is 28.8 Å². The summed E-state index contributed by atoms with van der Waals surface area (Å²) in [5, 5.41) is 2.84. The van der Waals surface area contributed by atoms with E-state index in [0.29, 0.717) is 23.7 Å². The van der Waals surface area contributed by atoms with E-state index in [1.165, 1.54) is 4.90 Å². The third kappa shape index (κ3) is 3.93. The van der Waals surface area contributed by atoms with Gasteiger partial charge in [-0.25, -0.2) is 4.39 Å². The molecule has 1 saturated carbocycles. The highest BCUT2D eigenvalue weighted by molar-refractivity contribution is 6.02. The fourth-order valence-corrected chi connectivity index (χ4v) is 4.89. The van der Waals surface area contributed by atoms with Gasteiger partial charge in [0.05, 0.1) is 23.2 Å². The normalized spacial score (nSPS) is 24.4. The number of nitrogens with one attached hydrogen (secondary N) is 1. The van der Waals surface area contributed by atoms with Crippen molar-refractivity contribution >= 4 is 17.5 Å². The topological polar surface area (TPSA) is 75.4 Å². The number of fused-ring (bicyclic) bond motifs is 1. The first-order chi connectivity index (χ1) is 16.1. The molecular weight excluding hydrogens is 450 g/mol. The second kappa shape index (κ2) is 8.14. The van der Waals surface area contributed by atoms with Crippen molar-refractivity contribution in [3.8, 4) is 0 Å². The number of carbonyl (C=O) groups excluding carboxylic acids is 2. The largest absolute Gasteiger partial charge is 0.416 e. The third-order valence-corrected chi connectivity index (χ3v) is 6.93. The van der Waals surface area contributed by atoms with Gasteiger partial charge in [0.1, 0.15) is 11.9 Å². The Kier molecular flexibility index (Phi) is 5.37. The molecule has 1 aliphatic heterocycles. The van der Waals surface area contributed by atoms with E-state index in [2.05, 4.69) is 5.32 Å². The molecule has 5 rings (SSSR count). The van der Waals surface area contributed by atoms with Crippen LogP contribution in [0.15, 0.2) is 54.6 Å². The second-order valence-electron chi connectivity index (χ2n) is 9.15. The van der Waals surface area contributed by atoms with Crippen molar-refractivity contribution in [1.82, 2.24) is 10.2 Å². The van der Waals surface area contributed by atoms with Crippen molar-refractivity contribution in [3.63, 3.8) is 0 Å². The molecule has 34 heavy (non-hydrogen) atoms. The first-order valence-electron chi connectivity index (χ1n) is 11.2. The minimum Gasteiger partial charge on any atom is -0.398 e. The molecule has 178 valence electrons. The van der Waals surface area contributed by atoms with Crippen molar-refractivity contribution in [2.45, 2.75) is 43.6 Å². The van der Waals surface area contributed by atoms with Gasteiger partial charge in [-0.15, -0.1) is 0 Å². The van der Waals surface area contributed by atoms with E-state index in [0.717, 1.165) is 25.0 Å². The predicted molar refractivity (Wildman–Crippen MR) is 117 cm³/mol. The highest BCUT2D eigenvalue weighted by Gasteiger charge is 2.49. The molecule has 0 bridgehead atoms. The van der Waals surface area contributed by atoms with Crippen LogP contribution in [0.25, 0.3) is 0 Å². The van der Waals surface area contributed by atoms with E-state index >= 15 is 0 Å². The first-order valence-corrected chi connectivity index (χ1v) is 11.2. The number of alkyl halides is 3. The highest BCUT2D eigenvalue weighted by atomic mass is 19.4. The van der Waals surface area contributed by atoms with E-state index in [1.54, 1.807) is 24.3 Å². The molecule has 0 radical (unpaired) electrons. The maximum Gasteiger partial charge on any atom is 0.416 e. The Balaban J connectivity index is 1.40. The molecule has 2 fully saturated rings. The van der Waals surface area contributed by atoms with Gasteiger partial charge in [0.15, 0.2) is 0 Å². The monoisotopic (exact) mass is 473 g/mol. The van der Waals surface area contributed by atoms with Gasteiger partial charge < -0.3 is 16.0 Å². The maximum atomic E-state index is 14.7. The fourth-order valence-electron chi connectivity index (χ4n) is 4.89. The molecule has 4 atom stereocenters. The van der Waals surface area contributed by atoms with Gasteiger partial charge >= 0.3 is 6.18 Å². The lowest BCUT2D eigenvalue weighted by Crippen LogP contribution is -2.50. The summed E-state index contributed by atoms with van der Waals surface area (Å²) in [5.41, 5.74) is 5.53. The number of rotatable bonds is 5. The molecule has 2 aliphatic carbocycles. The summed E-state index contributed by atoms with van der Waals surface area (Å²) >= 11 is 0. The standard InChI is InChI=1S/C25H23F4N3O2/c26-18-12-15(25(27,28)29)8-9-16(18)22(13-5-6-13)31-23(33)21-11-14-7-10-20(14)32(21)24(34)17-3-1-2-4-19(17)30/h1-4,7-10,12-14,20-22H,5-6,11,30H2,(H,31,33)/t14-,20-,21-,22-/m1/s1. The van der Waals surface area contributed by atoms with E-state index < -0.39 is 35.5 Å². The molecular formula is C25H23F4N3O2. The summed E-state index contributed by atoms with van der Waals surface area (Å²) in [7, 11) is 0. The Hall–Kier alpha value is -3.36. The van der Waals surface area contributed by atoms with Crippen LogP contribution in [0.1, 0.15) is 46.8 Å². The van der Waals surface area contributed by atoms with Crippen LogP contribution in [0, 0.1) is 17.7 Å². The number of anilines is 1. The number of para-hydroxylation sites is 1. The van der Waals surface area contributed by atoms with Crippen LogP contribution < -0.4 is 11.1 Å². The summed E-state index contributed by atoms with van der Waals surface area (Å²) in [6, 6.07) is 7.22. The van der Waals surface area contributed by atoms with Crippen LogP contribution in [0.5, 0.6) is 0 Å². The van der Waals surface area contributed by atoms with Crippen LogP contribution in [-0.2, 0) is 11.0 Å². The van der Waals surface area contributed by atoms with E-state index in [1.807, 2.05) is 12.2 Å². The first kappa shape index (κ1) is 22.4. The van der Waals surface area contributed by atoms with Crippen molar-refractivity contribution in [2.24, 2.45) is 11.8 Å². The molecule has 0 unspecified atom stereocenters. The molecule has 0 spiro atoms. The lowest BCUT2D eigenvalue weighted by atomic mass is 9.89. The number of carbonyl (C=O) groups is 2. The molecule has 0 aromatic heterocycles. The van der Waals surface area contributed by atoms with Gasteiger partial charge in [-0.2, -0.15) is 13.2 Å². The summed E-state index contributed by atoms with van der Waals surface area (Å²) < 4.78 is 53.6. The molecule has 2 amide bonds. The van der Waals surface area contributed by atoms with Gasteiger partial charge in [-0.1, -0.05) is 30.4 Å². The number of likely N-dealkylation sites (tertiary alicyclic amines) is 1. The van der Waals surface area contributed by atoms with Crippen molar-refractivity contribution in [2.75, 3.05) is 5.73 Å². The Morgan fingerprint density at radius 2 is 1.82 bits per heavy atom. The second-order valence-corrected chi connectivity index (χ2v) is 9.15. The van der Waals surface area contributed by atoms with Crippen LogP contribution >= 0.6 is 0 Å². The van der Waals surface area contributed by atoms with Gasteiger partial charge in [-0.05, 0) is 49.4 Å². The van der Waals surface area contributed by atoms with Gasteiger partial charge in [0.2, 0.25) is 5.91 Å². The predicted octanol–water partition coefficient (Wildman–Crippen LogP) is 4.46. The molecule has 9 heteroatoms.